The Kier molecular flexibility index (Phi) is 6.77. The van der Waals surface area contributed by atoms with Gasteiger partial charge in [0, 0.05) is 0 Å². The van der Waals surface area contributed by atoms with Crippen LogP contribution in [-0.4, -0.2) is 12.9 Å². The van der Waals surface area contributed by atoms with Crippen LogP contribution >= 0.6 is 0 Å². The van der Waals surface area contributed by atoms with Crippen molar-refractivity contribution in [3.05, 3.63) is 89.5 Å². The summed E-state index contributed by atoms with van der Waals surface area (Å²) < 4.78 is 42.9. The molecule has 0 aliphatic rings. The molecule has 0 N–H and O–H groups in total. The van der Waals surface area contributed by atoms with Crippen molar-refractivity contribution in [2.75, 3.05) is 7.11 Å². The molecule has 0 aliphatic heterocycles. The number of methoxy groups -OCH3 is 1. The fourth-order valence-electron chi connectivity index (χ4n) is 2.41. The van der Waals surface area contributed by atoms with Crippen LogP contribution in [-0.2, 0) is 17.4 Å². The molecule has 2 aromatic carbocycles. The molecule has 0 bridgehead atoms. The van der Waals surface area contributed by atoms with Crippen LogP contribution in [0.5, 0.6) is 5.75 Å². The normalized spacial score (nSPS) is 11.9. The zero-order chi connectivity index (χ0) is 19.9. The summed E-state index contributed by atoms with van der Waals surface area (Å²) in [7, 11) is 1.59. The van der Waals surface area contributed by atoms with Crippen molar-refractivity contribution >= 4 is 17.9 Å². The SMILES string of the molecule is C=CCc1cc(/C=C/C(=O)/C=C/c2ccc(C(F)(F)F)cc2)ccc1OC. The maximum atomic E-state index is 12.5. The highest BCUT2D eigenvalue weighted by Gasteiger charge is 2.29. The van der Waals surface area contributed by atoms with E-state index < -0.39 is 11.7 Å². The Morgan fingerprint density at radius 3 is 2.19 bits per heavy atom. The molecule has 140 valence electrons. The Labute approximate surface area is 156 Å². The molecule has 2 nitrogen and oxygen atoms in total. The number of hydrogen-bond donors (Lipinski definition) is 0. The number of halogens is 3. The second-order valence-corrected chi connectivity index (χ2v) is 5.75. The average molecular weight is 372 g/mol. The Morgan fingerprint density at radius 1 is 1.04 bits per heavy atom. The highest BCUT2D eigenvalue weighted by atomic mass is 19.4. The highest BCUT2D eigenvalue weighted by Crippen LogP contribution is 2.29. The van der Waals surface area contributed by atoms with Crippen LogP contribution in [0.3, 0.4) is 0 Å². The predicted molar refractivity (Wildman–Crippen MR) is 101 cm³/mol. The van der Waals surface area contributed by atoms with Crippen LogP contribution in [0.15, 0.2) is 67.3 Å². The van der Waals surface area contributed by atoms with Crippen molar-refractivity contribution in [2.45, 2.75) is 12.6 Å². The van der Waals surface area contributed by atoms with Gasteiger partial charge in [0.1, 0.15) is 5.75 Å². The molecule has 0 unspecified atom stereocenters. The van der Waals surface area contributed by atoms with E-state index in [0.29, 0.717) is 12.0 Å². The van der Waals surface area contributed by atoms with Gasteiger partial charge in [0.2, 0.25) is 0 Å². The third-order valence-electron chi connectivity index (χ3n) is 3.79. The minimum absolute atomic E-state index is 0.268. The van der Waals surface area contributed by atoms with Crippen molar-refractivity contribution < 1.29 is 22.7 Å². The van der Waals surface area contributed by atoms with Crippen molar-refractivity contribution in [2.24, 2.45) is 0 Å². The van der Waals surface area contributed by atoms with Gasteiger partial charge in [-0.2, -0.15) is 13.2 Å². The minimum Gasteiger partial charge on any atom is -0.496 e. The van der Waals surface area contributed by atoms with Crippen LogP contribution in [0.4, 0.5) is 13.2 Å². The molecular formula is C22H19F3O2. The Balaban J connectivity index is 2.05. The van der Waals surface area contributed by atoms with Gasteiger partial charge in [0.15, 0.2) is 5.78 Å². The van der Waals surface area contributed by atoms with E-state index in [-0.39, 0.29) is 5.78 Å². The van der Waals surface area contributed by atoms with E-state index in [4.69, 9.17) is 4.74 Å². The lowest BCUT2D eigenvalue weighted by Gasteiger charge is -2.07. The zero-order valence-corrected chi connectivity index (χ0v) is 14.8. The average Bonchev–Trinajstić information content (AvgIpc) is 2.65. The molecular weight excluding hydrogens is 353 g/mol. The number of alkyl halides is 3. The molecule has 0 aliphatic carbocycles. The third-order valence-corrected chi connectivity index (χ3v) is 3.79. The van der Waals surface area contributed by atoms with E-state index in [1.54, 1.807) is 19.3 Å². The summed E-state index contributed by atoms with van der Waals surface area (Å²) in [5, 5.41) is 0. The van der Waals surface area contributed by atoms with Gasteiger partial charge in [-0.3, -0.25) is 4.79 Å². The smallest absolute Gasteiger partial charge is 0.416 e. The van der Waals surface area contributed by atoms with Gasteiger partial charge in [-0.1, -0.05) is 36.4 Å². The number of carbonyl (C=O) groups is 1. The molecule has 0 saturated heterocycles. The predicted octanol–water partition coefficient (Wildman–Crippen LogP) is 5.74. The number of ketones is 1. The number of carbonyl (C=O) groups excluding carboxylic acids is 1. The number of benzene rings is 2. The Bertz CT molecular complexity index is 860. The minimum atomic E-state index is -4.37. The summed E-state index contributed by atoms with van der Waals surface area (Å²) in [5.74, 6) is 0.483. The van der Waals surface area contributed by atoms with E-state index in [1.807, 2.05) is 18.2 Å². The molecule has 0 atom stereocenters. The molecule has 0 spiro atoms. The first-order valence-electron chi connectivity index (χ1n) is 8.18. The van der Waals surface area contributed by atoms with Gasteiger partial charge in [0.05, 0.1) is 12.7 Å². The topological polar surface area (TPSA) is 26.3 Å². The summed E-state index contributed by atoms with van der Waals surface area (Å²) >= 11 is 0. The number of allylic oxidation sites excluding steroid dienone is 3. The number of rotatable bonds is 7. The fourth-order valence-corrected chi connectivity index (χ4v) is 2.41. The van der Waals surface area contributed by atoms with Crippen molar-refractivity contribution in [1.29, 1.82) is 0 Å². The van der Waals surface area contributed by atoms with Crippen LogP contribution < -0.4 is 4.74 Å². The third kappa shape index (κ3) is 5.99. The second-order valence-electron chi connectivity index (χ2n) is 5.75. The van der Waals surface area contributed by atoms with Gasteiger partial charge in [-0.25, -0.2) is 0 Å². The molecule has 0 heterocycles. The van der Waals surface area contributed by atoms with E-state index in [0.717, 1.165) is 29.0 Å². The first-order valence-corrected chi connectivity index (χ1v) is 8.18. The molecule has 0 fully saturated rings. The van der Waals surface area contributed by atoms with Crippen molar-refractivity contribution in [3.63, 3.8) is 0 Å². The monoisotopic (exact) mass is 372 g/mol. The maximum Gasteiger partial charge on any atom is 0.416 e. The molecule has 0 radical (unpaired) electrons. The van der Waals surface area contributed by atoms with E-state index in [1.165, 1.54) is 30.4 Å². The molecule has 0 aromatic heterocycles. The van der Waals surface area contributed by atoms with Crippen molar-refractivity contribution in [1.82, 2.24) is 0 Å². The van der Waals surface area contributed by atoms with Crippen LogP contribution in [0.25, 0.3) is 12.2 Å². The van der Waals surface area contributed by atoms with Gasteiger partial charge < -0.3 is 4.74 Å². The van der Waals surface area contributed by atoms with Crippen LogP contribution in [0.2, 0.25) is 0 Å². The molecule has 27 heavy (non-hydrogen) atoms. The van der Waals surface area contributed by atoms with Gasteiger partial charge in [-0.15, -0.1) is 6.58 Å². The number of hydrogen-bond acceptors (Lipinski definition) is 2. The quantitative estimate of drug-likeness (QED) is 0.458. The van der Waals surface area contributed by atoms with Gasteiger partial charge >= 0.3 is 6.18 Å². The second kappa shape index (κ2) is 9.03. The highest BCUT2D eigenvalue weighted by molar-refractivity contribution is 6.04. The summed E-state index contributed by atoms with van der Waals surface area (Å²) in [6.07, 6.45) is 3.91. The summed E-state index contributed by atoms with van der Waals surface area (Å²) in [6.45, 7) is 3.71. The van der Waals surface area contributed by atoms with Gasteiger partial charge in [-0.05, 0) is 59.5 Å². The van der Waals surface area contributed by atoms with E-state index >= 15 is 0 Å². The largest absolute Gasteiger partial charge is 0.496 e. The lowest BCUT2D eigenvalue weighted by atomic mass is 10.1. The zero-order valence-electron chi connectivity index (χ0n) is 14.8. The van der Waals surface area contributed by atoms with E-state index in [9.17, 15) is 18.0 Å². The van der Waals surface area contributed by atoms with Crippen LogP contribution in [0, 0.1) is 0 Å². The first kappa shape index (κ1) is 20.2. The summed E-state index contributed by atoms with van der Waals surface area (Å²) in [4.78, 5) is 12.0. The van der Waals surface area contributed by atoms with Gasteiger partial charge in [0.25, 0.3) is 0 Å². The van der Waals surface area contributed by atoms with Crippen molar-refractivity contribution in [3.8, 4) is 5.75 Å². The Morgan fingerprint density at radius 2 is 1.63 bits per heavy atom. The molecule has 0 amide bonds. The fraction of sp³-hybridized carbons (Fsp3) is 0.136. The van der Waals surface area contributed by atoms with E-state index in [2.05, 4.69) is 6.58 Å². The summed E-state index contributed by atoms with van der Waals surface area (Å²) in [6, 6.07) is 10.2. The molecule has 2 aromatic rings. The first-order chi connectivity index (χ1) is 12.8. The molecule has 5 heteroatoms. The van der Waals surface area contributed by atoms with Crippen LogP contribution in [0.1, 0.15) is 22.3 Å². The molecule has 0 saturated carbocycles. The number of ether oxygens (including phenoxy) is 1. The summed E-state index contributed by atoms with van der Waals surface area (Å²) in [5.41, 5.74) is 1.59. The molecule has 2 rings (SSSR count). The Hall–Kier alpha value is -3.08. The lowest BCUT2D eigenvalue weighted by molar-refractivity contribution is -0.137. The standard InChI is InChI=1S/C22H19F3O2/c1-3-4-18-15-17(9-14-21(18)27-2)8-13-20(26)12-7-16-5-10-19(11-6-16)22(23,24)25/h3,5-15H,1,4H2,2H3/b12-7+,13-8+. The lowest BCUT2D eigenvalue weighted by Crippen LogP contribution is -2.03. The maximum absolute atomic E-state index is 12.5.